The second-order valence-electron chi connectivity index (χ2n) is 5.63. The molecule has 140 valence electrons. The van der Waals surface area contributed by atoms with Crippen molar-refractivity contribution in [2.45, 2.75) is 36.4 Å². The Morgan fingerprint density at radius 1 is 1.33 bits per heavy atom. The Balaban J connectivity index is 1.84. The smallest absolute Gasteiger partial charge is 0.284 e. The van der Waals surface area contributed by atoms with Crippen LogP contribution in [0.1, 0.15) is 33.5 Å². The first-order valence-electron chi connectivity index (χ1n) is 8.03. The molecular weight excluding hydrogens is 404 g/mol. The van der Waals surface area contributed by atoms with Crippen LogP contribution in [0.2, 0.25) is 0 Å². The molecule has 0 saturated heterocycles. The number of amides is 1. The second kappa shape index (κ2) is 8.15. The normalized spacial score (nSPS) is 10.8. The molecule has 0 saturated carbocycles. The maximum absolute atomic E-state index is 12.5. The molecule has 7 nitrogen and oxygen atoms in total. The van der Waals surface area contributed by atoms with Gasteiger partial charge in [-0.25, -0.2) is 9.97 Å². The SMILES string of the molecule is CCc1nc(NC(=O)c2ccc(Sc3nc(C)cs3)c([N+](=O)[O-])c2)sc1C. The van der Waals surface area contributed by atoms with Crippen molar-refractivity contribution in [2.75, 3.05) is 5.32 Å². The fourth-order valence-electron chi connectivity index (χ4n) is 2.34. The van der Waals surface area contributed by atoms with Gasteiger partial charge in [-0.15, -0.1) is 22.7 Å². The summed E-state index contributed by atoms with van der Waals surface area (Å²) in [6, 6.07) is 4.45. The molecule has 1 N–H and O–H groups in total. The first-order chi connectivity index (χ1) is 12.9. The minimum atomic E-state index is -0.484. The Bertz CT molecular complexity index is 1010. The van der Waals surface area contributed by atoms with E-state index in [0.717, 1.165) is 27.0 Å². The number of thiazole rings is 2. The number of carbonyl (C=O) groups excluding carboxylic acids is 1. The summed E-state index contributed by atoms with van der Waals surface area (Å²) in [5.41, 5.74) is 1.90. The lowest BCUT2D eigenvalue weighted by molar-refractivity contribution is -0.387. The highest BCUT2D eigenvalue weighted by atomic mass is 32.2. The van der Waals surface area contributed by atoms with E-state index >= 15 is 0 Å². The molecule has 2 heterocycles. The van der Waals surface area contributed by atoms with E-state index in [0.29, 0.717) is 10.0 Å². The highest BCUT2D eigenvalue weighted by Crippen LogP contribution is 2.37. The quantitative estimate of drug-likeness (QED) is 0.440. The number of benzene rings is 1. The van der Waals surface area contributed by atoms with Crippen LogP contribution < -0.4 is 5.32 Å². The second-order valence-corrected chi connectivity index (χ2v) is 8.98. The number of nitrogens with zero attached hydrogens (tertiary/aromatic N) is 3. The molecule has 0 atom stereocenters. The van der Waals surface area contributed by atoms with E-state index in [1.54, 1.807) is 12.1 Å². The van der Waals surface area contributed by atoms with Gasteiger partial charge in [0.15, 0.2) is 9.47 Å². The molecule has 0 spiro atoms. The summed E-state index contributed by atoms with van der Waals surface area (Å²) in [6.07, 6.45) is 0.784. The molecule has 0 aliphatic heterocycles. The van der Waals surface area contributed by atoms with Crippen LogP contribution in [0.5, 0.6) is 0 Å². The highest BCUT2D eigenvalue weighted by molar-refractivity contribution is 8.01. The van der Waals surface area contributed by atoms with Gasteiger partial charge in [-0.3, -0.25) is 20.2 Å². The zero-order chi connectivity index (χ0) is 19.6. The van der Waals surface area contributed by atoms with Crippen LogP contribution in [-0.2, 0) is 6.42 Å². The molecule has 10 heteroatoms. The number of aryl methyl sites for hydroxylation is 3. The third kappa shape index (κ3) is 4.52. The number of aromatic nitrogens is 2. The van der Waals surface area contributed by atoms with Gasteiger partial charge in [-0.1, -0.05) is 18.7 Å². The third-order valence-electron chi connectivity index (χ3n) is 3.66. The van der Waals surface area contributed by atoms with Gasteiger partial charge in [0, 0.05) is 27.6 Å². The highest BCUT2D eigenvalue weighted by Gasteiger charge is 2.20. The van der Waals surface area contributed by atoms with Crippen molar-refractivity contribution in [2.24, 2.45) is 0 Å². The largest absolute Gasteiger partial charge is 0.298 e. The van der Waals surface area contributed by atoms with Crippen molar-refractivity contribution in [3.05, 3.63) is 55.5 Å². The topological polar surface area (TPSA) is 98.0 Å². The number of nitrogens with one attached hydrogen (secondary N) is 1. The number of anilines is 1. The molecule has 1 aromatic carbocycles. The van der Waals surface area contributed by atoms with Crippen LogP contribution in [0, 0.1) is 24.0 Å². The number of carbonyl (C=O) groups is 1. The van der Waals surface area contributed by atoms with Crippen LogP contribution in [0.15, 0.2) is 32.8 Å². The van der Waals surface area contributed by atoms with Gasteiger partial charge in [-0.05, 0) is 32.4 Å². The van der Waals surface area contributed by atoms with Crippen LogP contribution in [0.4, 0.5) is 10.8 Å². The van der Waals surface area contributed by atoms with E-state index in [2.05, 4.69) is 15.3 Å². The predicted molar refractivity (Wildman–Crippen MR) is 108 cm³/mol. The van der Waals surface area contributed by atoms with Gasteiger partial charge in [0.25, 0.3) is 11.6 Å². The minimum absolute atomic E-state index is 0.120. The molecule has 0 aliphatic carbocycles. The molecule has 1 amide bonds. The van der Waals surface area contributed by atoms with Crippen molar-refractivity contribution < 1.29 is 9.72 Å². The van der Waals surface area contributed by atoms with Crippen LogP contribution in [0.3, 0.4) is 0 Å². The first-order valence-corrected chi connectivity index (χ1v) is 10.5. The molecule has 2 aromatic heterocycles. The van der Waals surface area contributed by atoms with Gasteiger partial charge in [-0.2, -0.15) is 0 Å². The Hall–Kier alpha value is -2.30. The summed E-state index contributed by atoms with van der Waals surface area (Å²) in [6.45, 7) is 5.81. The number of hydrogen-bond acceptors (Lipinski definition) is 8. The summed E-state index contributed by atoms with van der Waals surface area (Å²) in [5, 5.41) is 16.6. The Kier molecular flexibility index (Phi) is 5.88. The monoisotopic (exact) mass is 420 g/mol. The van der Waals surface area contributed by atoms with Crippen molar-refractivity contribution in [1.29, 1.82) is 0 Å². The first kappa shape index (κ1) is 19.5. The lowest BCUT2D eigenvalue weighted by Crippen LogP contribution is -2.12. The van der Waals surface area contributed by atoms with Crippen molar-refractivity contribution in [1.82, 2.24) is 9.97 Å². The van der Waals surface area contributed by atoms with Gasteiger partial charge in [0.2, 0.25) is 0 Å². The zero-order valence-electron chi connectivity index (χ0n) is 14.8. The van der Waals surface area contributed by atoms with Gasteiger partial charge >= 0.3 is 0 Å². The molecule has 0 unspecified atom stereocenters. The van der Waals surface area contributed by atoms with Gasteiger partial charge in [0.05, 0.1) is 15.5 Å². The van der Waals surface area contributed by atoms with Gasteiger partial charge in [0.1, 0.15) is 0 Å². The number of nitro benzene ring substituents is 1. The van der Waals surface area contributed by atoms with E-state index in [4.69, 9.17) is 0 Å². The molecule has 0 aliphatic rings. The maximum Gasteiger partial charge on any atom is 0.284 e. The average Bonchev–Trinajstić information content (AvgIpc) is 3.19. The van der Waals surface area contributed by atoms with Crippen LogP contribution in [-0.4, -0.2) is 20.8 Å². The third-order valence-corrected chi connectivity index (χ3v) is 6.71. The lowest BCUT2D eigenvalue weighted by Gasteiger charge is -2.05. The summed E-state index contributed by atoms with van der Waals surface area (Å²) < 4.78 is 0.721. The standard InChI is InChI=1S/C17H16N4O3S3/c1-4-12-10(3)26-16(19-12)20-15(22)11-5-6-14(13(7-11)21(23)24)27-17-18-9(2)8-25-17/h5-8H,4H2,1-3H3,(H,19,20,22). The van der Waals surface area contributed by atoms with Crippen molar-refractivity contribution in [3.8, 4) is 0 Å². The summed E-state index contributed by atoms with van der Waals surface area (Å²) in [4.78, 5) is 33.6. The molecule has 0 bridgehead atoms. The van der Waals surface area contributed by atoms with Crippen LogP contribution in [0.25, 0.3) is 0 Å². The zero-order valence-corrected chi connectivity index (χ0v) is 17.3. The minimum Gasteiger partial charge on any atom is -0.298 e. The molecule has 3 aromatic rings. The molecular formula is C17H16N4O3S3. The van der Waals surface area contributed by atoms with Crippen molar-refractivity contribution in [3.63, 3.8) is 0 Å². The number of nitro groups is 1. The predicted octanol–water partition coefficient (Wildman–Crippen LogP) is 5.09. The van der Waals surface area contributed by atoms with E-state index < -0.39 is 10.8 Å². The van der Waals surface area contributed by atoms with E-state index in [9.17, 15) is 14.9 Å². The molecule has 3 rings (SSSR count). The Morgan fingerprint density at radius 3 is 2.70 bits per heavy atom. The summed E-state index contributed by atoms with van der Waals surface area (Å²) in [5.74, 6) is -0.420. The Morgan fingerprint density at radius 2 is 2.11 bits per heavy atom. The molecule has 0 radical (unpaired) electrons. The van der Waals surface area contributed by atoms with E-state index in [-0.39, 0.29) is 11.3 Å². The average molecular weight is 421 g/mol. The van der Waals surface area contributed by atoms with Gasteiger partial charge < -0.3 is 0 Å². The van der Waals surface area contributed by atoms with E-state index in [1.165, 1.54) is 40.5 Å². The maximum atomic E-state index is 12.5. The van der Waals surface area contributed by atoms with Crippen molar-refractivity contribution >= 4 is 51.2 Å². The number of hydrogen-bond donors (Lipinski definition) is 1. The Labute approximate surface area is 168 Å². The van der Waals surface area contributed by atoms with E-state index in [1.807, 2.05) is 26.2 Å². The summed E-state index contributed by atoms with van der Waals surface area (Å²) in [7, 11) is 0. The van der Waals surface area contributed by atoms with Crippen LogP contribution >= 0.6 is 34.4 Å². The lowest BCUT2D eigenvalue weighted by atomic mass is 10.2. The molecule has 27 heavy (non-hydrogen) atoms. The number of rotatable bonds is 6. The fraction of sp³-hybridized carbons (Fsp3) is 0.235. The summed E-state index contributed by atoms with van der Waals surface area (Å²) >= 11 is 4.04. The molecule has 0 fully saturated rings. The fourth-order valence-corrected chi connectivity index (χ4v) is 5.12.